The van der Waals surface area contributed by atoms with Crippen molar-refractivity contribution < 1.29 is 4.79 Å². The minimum Gasteiger partial charge on any atom is -0.348 e. The van der Waals surface area contributed by atoms with Gasteiger partial charge in [-0.25, -0.2) is 0 Å². The van der Waals surface area contributed by atoms with Gasteiger partial charge in [-0.3, -0.25) is 14.7 Å². The third-order valence-electron chi connectivity index (χ3n) is 5.17. The van der Waals surface area contributed by atoms with E-state index in [4.69, 9.17) is 0 Å². The summed E-state index contributed by atoms with van der Waals surface area (Å²) in [5, 5.41) is 5.58. The molecule has 138 valence electrons. The largest absolute Gasteiger partial charge is 0.348 e. The van der Waals surface area contributed by atoms with E-state index in [-0.39, 0.29) is 11.9 Å². The number of aromatic nitrogens is 1. The van der Waals surface area contributed by atoms with Crippen molar-refractivity contribution in [2.45, 2.75) is 38.4 Å². The van der Waals surface area contributed by atoms with Crippen molar-refractivity contribution in [2.75, 3.05) is 6.54 Å². The van der Waals surface area contributed by atoms with Crippen LogP contribution in [0.4, 0.5) is 0 Å². The maximum atomic E-state index is 12.7. The quantitative estimate of drug-likeness (QED) is 0.691. The summed E-state index contributed by atoms with van der Waals surface area (Å²) in [5.41, 5.74) is 2.28. The molecule has 0 aliphatic heterocycles. The van der Waals surface area contributed by atoms with Crippen LogP contribution in [0.5, 0.6) is 0 Å². The highest BCUT2D eigenvalue weighted by molar-refractivity contribution is 5.83. The molecule has 0 bridgehead atoms. The Morgan fingerprint density at radius 2 is 1.96 bits per heavy atom. The van der Waals surface area contributed by atoms with Crippen LogP contribution in [0.25, 0.3) is 10.8 Å². The standard InChI is InChI=1S/C23H25N3O/c1-17(20-9-8-19-6-2-3-7-21(19)13-20)25-23(27)16-26(22-10-11-22)15-18-5-4-12-24-14-18/h2-9,12-14,17,22H,10-11,15-16H2,1H3,(H,25,27)/t17-/m0/s1. The first-order valence-corrected chi connectivity index (χ1v) is 9.60. The van der Waals surface area contributed by atoms with Gasteiger partial charge in [-0.1, -0.05) is 42.5 Å². The maximum absolute atomic E-state index is 12.7. The zero-order valence-electron chi connectivity index (χ0n) is 15.6. The van der Waals surface area contributed by atoms with E-state index in [1.54, 1.807) is 6.20 Å². The van der Waals surface area contributed by atoms with Crippen molar-refractivity contribution in [3.05, 3.63) is 78.1 Å². The fourth-order valence-electron chi connectivity index (χ4n) is 3.51. The molecular formula is C23H25N3O. The van der Waals surface area contributed by atoms with Gasteiger partial charge in [0.1, 0.15) is 0 Å². The number of hydrogen-bond donors (Lipinski definition) is 1. The monoisotopic (exact) mass is 359 g/mol. The van der Waals surface area contributed by atoms with Crippen LogP contribution in [-0.2, 0) is 11.3 Å². The summed E-state index contributed by atoms with van der Waals surface area (Å²) in [4.78, 5) is 19.1. The minimum absolute atomic E-state index is 0.0125. The Labute approximate surface area is 160 Å². The molecule has 27 heavy (non-hydrogen) atoms. The lowest BCUT2D eigenvalue weighted by molar-refractivity contribution is -0.123. The summed E-state index contributed by atoms with van der Waals surface area (Å²) < 4.78 is 0. The molecule has 1 atom stereocenters. The van der Waals surface area contributed by atoms with Crippen molar-refractivity contribution in [1.82, 2.24) is 15.2 Å². The van der Waals surface area contributed by atoms with Crippen molar-refractivity contribution in [3.8, 4) is 0 Å². The maximum Gasteiger partial charge on any atom is 0.234 e. The van der Waals surface area contributed by atoms with E-state index in [0.717, 1.165) is 17.7 Å². The summed E-state index contributed by atoms with van der Waals surface area (Å²) in [7, 11) is 0. The number of carbonyl (C=O) groups excluding carboxylic acids is 1. The highest BCUT2D eigenvalue weighted by atomic mass is 16.2. The number of hydrogen-bond acceptors (Lipinski definition) is 3. The van der Waals surface area contributed by atoms with Crippen LogP contribution in [0.3, 0.4) is 0 Å². The van der Waals surface area contributed by atoms with Gasteiger partial charge in [0, 0.05) is 25.0 Å². The molecule has 4 nitrogen and oxygen atoms in total. The summed E-state index contributed by atoms with van der Waals surface area (Å²) in [6, 6.07) is 19.2. The zero-order chi connectivity index (χ0) is 18.6. The molecule has 1 N–H and O–H groups in total. The number of rotatable bonds is 7. The van der Waals surface area contributed by atoms with Crippen LogP contribution in [0, 0.1) is 0 Å². The third-order valence-corrected chi connectivity index (χ3v) is 5.17. The van der Waals surface area contributed by atoms with Crippen LogP contribution in [0.15, 0.2) is 67.0 Å². The molecule has 1 amide bonds. The van der Waals surface area contributed by atoms with Gasteiger partial charge in [0.25, 0.3) is 0 Å². The molecule has 4 rings (SSSR count). The number of amides is 1. The van der Waals surface area contributed by atoms with Gasteiger partial charge in [0.15, 0.2) is 0 Å². The SMILES string of the molecule is C[C@H](NC(=O)CN(Cc1cccnc1)C1CC1)c1ccc2ccccc2c1. The fourth-order valence-corrected chi connectivity index (χ4v) is 3.51. The minimum atomic E-state index is -0.0125. The molecule has 0 saturated heterocycles. The summed E-state index contributed by atoms with van der Waals surface area (Å²) in [6.07, 6.45) is 6.01. The Bertz CT molecular complexity index is 921. The summed E-state index contributed by atoms with van der Waals surface area (Å²) in [5.74, 6) is 0.0754. The molecule has 1 fully saturated rings. The van der Waals surface area contributed by atoms with Crippen molar-refractivity contribution in [2.24, 2.45) is 0 Å². The average Bonchev–Trinajstić information content (AvgIpc) is 3.53. The molecule has 3 aromatic rings. The Morgan fingerprint density at radius 3 is 2.70 bits per heavy atom. The highest BCUT2D eigenvalue weighted by Crippen LogP contribution is 2.28. The Morgan fingerprint density at radius 1 is 1.15 bits per heavy atom. The zero-order valence-corrected chi connectivity index (χ0v) is 15.6. The Balaban J connectivity index is 1.39. The Hall–Kier alpha value is -2.72. The lowest BCUT2D eigenvalue weighted by atomic mass is 10.0. The molecule has 0 spiro atoms. The topological polar surface area (TPSA) is 45.2 Å². The van der Waals surface area contributed by atoms with Crippen LogP contribution in [0.1, 0.15) is 36.9 Å². The van der Waals surface area contributed by atoms with E-state index in [1.807, 2.05) is 31.3 Å². The van der Waals surface area contributed by atoms with Crippen molar-refractivity contribution in [3.63, 3.8) is 0 Å². The van der Waals surface area contributed by atoms with Gasteiger partial charge >= 0.3 is 0 Å². The predicted octanol–water partition coefficient (Wildman–Crippen LogP) is 4.08. The smallest absolute Gasteiger partial charge is 0.234 e. The number of pyridine rings is 1. The number of benzene rings is 2. The first-order chi connectivity index (χ1) is 13.2. The van der Waals surface area contributed by atoms with Gasteiger partial charge in [-0.2, -0.15) is 0 Å². The number of nitrogens with one attached hydrogen (secondary N) is 1. The van der Waals surface area contributed by atoms with Crippen molar-refractivity contribution >= 4 is 16.7 Å². The van der Waals surface area contributed by atoms with Crippen LogP contribution in [0.2, 0.25) is 0 Å². The third kappa shape index (κ3) is 4.52. The van der Waals surface area contributed by atoms with Crippen LogP contribution < -0.4 is 5.32 Å². The highest BCUT2D eigenvalue weighted by Gasteiger charge is 2.30. The molecule has 2 aromatic carbocycles. The molecule has 0 unspecified atom stereocenters. The van der Waals surface area contributed by atoms with Crippen molar-refractivity contribution in [1.29, 1.82) is 0 Å². The Kier molecular flexibility index (Phi) is 5.16. The second kappa shape index (κ2) is 7.89. The van der Waals surface area contributed by atoms with E-state index in [0.29, 0.717) is 12.6 Å². The van der Waals surface area contributed by atoms with Crippen LogP contribution >= 0.6 is 0 Å². The van der Waals surface area contributed by atoms with Gasteiger partial charge < -0.3 is 5.32 Å². The molecule has 1 aromatic heterocycles. The first-order valence-electron chi connectivity index (χ1n) is 9.60. The lowest BCUT2D eigenvalue weighted by Crippen LogP contribution is -2.39. The van der Waals surface area contributed by atoms with Gasteiger partial charge in [-0.15, -0.1) is 0 Å². The summed E-state index contributed by atoms with van der Waals surface area (Å²) >= 11 is 0. The van der Waals surface area contributed by atoms with E-state index >= 15 is 0 Å². The molecule has 1 saturated carbocycles. The predicted molar refractivity (Wildman–Crippen MR) is 108 cm³/mol. The second-order valence-electron chi connectivity index (χ2n) is 7.39. The van der Waals surface area contributed by atoms with E-state index in [2.05, 4.69) is 51.6 Å². The molecule has 4 heteroatoms. The van der Waals surface area contributed by atoms with E-state index in [9.17, 15) is 4.79 Å². The molecule has 1 aliphatic rings. The van der Waals surface area contributed by atoms with E-state index in [1.165, 1.54) is 23.6 Å². The molecule has 0 radical (unpaired) electrons. The van der Waals surface area contributed by atoms with Crippen LogP contribution in [-0.4, -0.2) is 28.4 Å². The number of nitrogens with zero attached hydrogens (tertiary/aromatic N) is 2. The molecule has 1 heterocycles. The molecular weight excluding hydrogens is 334 g/mol. The number of carbonyl (C=O) groups is 1. The van der Waals surface area contributed by atoms with E-state index < -0.39 is 0 Å². The van der Waals surface area contributed by atoms with Gasteiger partial charge in [-0.05, 0) is 53.8 Å². The lowest BCUT2D eigenvalue weighted by Gasteiger charge is -2.23. The first kappa shape index (κ1) is 17.7. The number of fused-ring (bicyclic) bond motifs is 1. The fraction of sp³-hybridized carbons (Fsp3) is 0.304. The molecule has 1 aliphatic carbocycles. The summed E-state index contributed by atoms with van der Waals surface area (Å²) in [6.45, 7) is 3.25. The van der Waals surface area contributed by atoms with Gasteiger partial charge in [0.05, 0.1) is 12.6 Å². The van der Waals surface area contributed by atoms with Gasteiger partial charge in [0.2, 0.25) is 5.91 Å². The second-order valence-corrected chi connectivity index (χ2v) is 7.39. The normalized spacial score (nSPS) is 15.0. The average molecular weight is 359 g/mol.